The summed E-state index contributed by atoms with van der Waals surface area (Å²) in [5.41, 5.74) is -4.70. The molecule has 1 aromatic heterocycles. The molecule has 0 aliphatic heterocycles. The van der Waals surface area contributed by atoms with Gasteiger partial charge in [0.1, 0.15) is 5.00 Å². The van der Waals surface area contributed by atoms with E-state index < -0.39 is 36.3 Å². The maximum absolute atomic E-state index is 12.8. The molecule has 0 aromatic carbocycles. The standard InChI is InChI=1S/C17H19F6NO4S/c1-3-28-14(26)12-9-5-4-8(2)6-10(9)29-13(12)24-11(25)7-15(27,16(18,19)20)17(21,22)23/h8,27H,3-7H2,1-2H3,(H,24,25)/t8-/m1/s1. The highest BCUT2D eigenvalue weighted by molar-refractivity contribution is 7.17. The Balaban J connectivity index is 2.36. The number of alkyl halides is 6. The number of amides is 1. The quantitative estimate of drug-likeness (QED) is 0.523. The number of nitrogens with one attached hydrogen (secondary N) is 1. The van der Waals surface area contributed by atoms with Gasteiger partial charge in [-0.15, -0.1) is 11.3 Å². The van der Waals surface area contributed by atoms with E-state index in [9.17, 15) is 41.0 Å². The summed E-state index contributed by atoms with van der Waals surface area (Å²) in [6, 6.07) is 0. The fourth-order valence-corrected chi connectivity index (χ4v) is 4.44. The van der Waals surface area contributed by atoms with Gasteiger partial charge >= 0.3 is 18.3 Å². The van der Waals surface area contributed by atoms with E-state index in [2.05, 4.69) is 0 Å². The van der Waals surface area contributed by atoms with Gasteiger partial charge in [0, 0.05) is 4.88 Å². The van der Waals surface area contributed by atoms with Crippen LogP contribution in [0.15, 0.2) is 0 Å². The average molecular weight is 447 g/mol. The van der Waals surface area contributed by atoms with Gasteiger partial charge in [0.2, 0.25) is 5.91 Å². The third-order valence-electron chi connectivity index (χ3n) is 4.60. The first-order valence-electron chi connectivity index (χ1n) is 8.68. The molecule has 0 radical (unpaired) electrons. The molecular formula is C17H19F6NO4S. The Hall–Kier alpha value is -1.82. The minimum atomic E-state index is -6.11. The molecule has 1 atom stereocenters. The number of carbonyl (C=O) groups excluding carboxylic acids is 2. The number of carbonyl (C=O) groups is 2. The van der Waals surface area contributed by atoms with Crippen molar-refractivity contribution in [3.05, 3.63) is 16.0 Å². The van der Waals surface area contributed by atoms with E-state index in [0.717, 1.165) is 17.8 Å². The number of ether oxygens (including phenoxy) is 1. The molecule has 0 bridgehead atoms. The first kappa shape index (κ1) is 23.5. The molecule has 5 nitrogen and oxygen atoms in total. The SMILES string of the molecule is CCOC(=O)c1c(NC(=O)CC(O)(C(F)(F)F)C(F)(F)F)sc2c1CC[C@@H](C)C2. The van der Waals surface area contributed by atoms with E-state index in [-0.39, 0.29) is 23.1 Å². The van der Waals surface area contributed by atoms with Crippen molar-refractivity contribution in [2.45, 2.75) is 57.5 Å². The van der Waals surface area contributed by atoms with Crippen molar-refractivity contribution >= 4 is 28.2 Å². The van der Waals surface area contributed by atoms with Crippen molar-refractivity contribution in [1.82, 2.24) is 0 Å². The molecule has 2 rings (SSSR count). The zero-order valence-corrected chi connectivity index (χ0v) is 16.3. The summed E-state index contributed by atoms with van der Waals surface area (Å²) in [4.78, 5) is 25.0. The van der Waals surface area contributed by atoms with Crippen LogP contribution in [0.5, 0.6) is 0 Å². The molecule has 1 amide bonds. The van der Waals surface area contributed by atoms with E-state index in [4.69, 9.17) is 4.74 Å². The number of fused-ring (bicyclic) bond motifs is 1. The van der Waals surface area contributed by atoms with Gasteiger partial charge in [0.15, 0.2) is 0 Å². The van der Waals surface area contributed by atoms with Gasteiger partial charge in [-0.05, 0) is 37.7 Å². The average Bonchev–Trinajstić information content (AvgIpc) is 2.89. The number of halogens is 6. The number of esters is 1. The molecule has 29 heavy (non-hydrogen) atoms. The largest absolute Gasteiger partial charge is 0.462 e. The highest BCUT2D eigenvalue weighted by Crippen LogP contribution is 2.46. The van der Waals surface area contributed by atoms with Crippen LogP contribution >= 0.6 is 11.3 Å². The van der Waals surface area contributed by atoms with Crippen LogP contribution in [0.3, 0.4) is 0 Å². The smallest absolute Gasteiger partial charge is 0.426 e. The molecule has 0 spiro atoms. The van der Waals surface area contributed by atoms with Crippen molar-refractivity contribution in [3.8, 4) is 0 Å². The van der Waals surface area contributed by atoms with Crippen molar-refractivity contribution in [3.63, 3.8) is 0 Å². The Morgan fingerprint density at radius 2 is 1.79 bits per heavy atom. The van der Waals surface area contributed by atoms with Gasteiger partial charge in [-0.3, -0.25) is 4.79 Å². The van der Waals surface area contributed by atoms with Crippen LogP contribution in [-0.2, 0) is 22.4 Å². The lowest BCUT2D eigenvalue weighted by molar-refractivity contribution is -0.366. The second-order valence-electron chi connectivity index (χ2n) is 6.86. The van der Waals surface area contributed by atoms with E-state index in [1.165, 1.54) is 6.92 Å². The molecule has 0 saturated carbocycles. The van der Waals surface area contributed by atoms with Crippen LogP contribution in [0.25, 0.3) is 0 Å². The second kappa shape index (κ2) is 8.13. The lowest BCUT2D eigenvalue weighted by Crippen LogP contribution is -2.58. The van der Waals surface area contributed by atoms with Crippen molar-refractivity contribution in [2.24, 2.45) is 5.92 Å². The third-order valence-corrected chi connectivity index (χ3v) is 5.77. The molecule has 2 N–H and O–H groups in total. The van der Waals surface area contributed by atoms with Crippen LogP contribution < -0.4 is 5.32 Å². The number of rotatable bonds is 5. The molecule has 164 valence electrons. The monoisotopic (exact) mass is 447 g/mol. The van der Waals surface area contributed by atoms with Gasteiger partial charge in [-0.2, -0.15) is 26.3 Å². The molecule has 1 aromatic rings. The number of thiophene rings is 1. The van der Waals surface area contributed by atoms with E-state index in [1.807, 2.05) is 12.2 Å². The second-order valence-corrected chi connectivity index (χ2v) is 7.96. The summed E-state index contributed by atoms with van der Waals surface area (Å²) in [6.45, 7) is 3.48. The first-order chi connectivity index (χ1) is 13.2. The molecule has 0 unspecified atom stereocenters. The lowest BCUT2D eigenvalue weighted by Gasteiger charge is -2.31. The molecule has 0 saturated heterocycles. The van der Waals surface area contributed by atoms with Crippen molar-refractivity contribution in [1.29, 1.82) is 0 Å². The molecule has 0 fully saturated rings. The van der Waals surface area contributed by atoms with E-state index >= 15 is 0 Å². The molecular weight excluding hydrogens is 428 g/mol. The lowest BCUT2D eigenvalue weighted by atomic mass is 9.88. The van der Waals surface area contributed by atoms with Crippen LogP contribution in [0.1, 0.15) is 47.5 Å². The van der Waals surface area contributed by atoms with Crippen molar-refractivity contribution in [2.75, 3.05) is 11.9 Å². The fraction of sp³-hybridized carbons (Fsp3) is 0.647. The Morgan fingerprint density at radius 1 is 1.21 bits per heavy atom. The maximum Gasteiger partial charge on any atom is 0.426 e. The minimum Gasteiger partial charge on any atom is -0.462 e. The van der Waals surface area contributed by atoms with Crippen LogP contribution in [0.2, 0.25) is 0 Å². The zero-order valence-electron chi connectivity index (χ0n) is 15.5. The van der Waals surface area contributed by atoms with Gasteiger partial charge < -0.3 is 15.2 Å². The highest BCUT2D eigenvalue weighted by atomic mass is 32.1. The van der Waals surface area contributed by atoms with E-state index in [1.54, 1.807) is 0 Å². The zero-order chi connectivity index (χ0) is 22.2. The van der Waals surface area contributed by atoms with Gasteiger partial charge in [-0.25, -0.2) is 4.79 Å². The summed E-state index contributed by atoms with van der Waals surface area (Å²) in [5.74, 6) is -2.28. The molecule has 1 aliphatic rings. The van der Waals surface area contributed by atoms with Crippen LogP contribution in [-0.4, -0.2) is 41.5 Å². The Labute approximate surface area is 166 Å². The van der Waals surface area contributed by atoms with Crippen LogP contribution in [0, 0.1) is 5.92 Å². The molecule has 1 heterocycles. The normalized spacial score (nSPS) is 17.6. The molecule has 1 aliphatic carbocycles. The van der Waals surface area contributed by atoms with Crippen molar-refractivity contribution < 1.29 is 45.8 Å². The van der Waals surface area contributed by atoms with Gasteiger partial charge in [0.05, 0.1) is 18.6 Å². The Kier molecular flexibility index (Phi) is 6.58. The highest BCUT2D eigenvalue weighted by Gasteiger charge is 2.71. The number of anilines is 1. The third kappa shape index (κ3) is 4.68. The maximum atomic E-state index is 12.8. The number of hydrogen-bond acceptors (Lipinski definition) is 5. The minimum absolute atomic E-state index is 0.00482. The summed E-state index contributed by atoms with van der Waals surface area (Å²) in [6.07, 6.45) is -12.8. The Bertz CT molecular complexity index is 772. The predicted octanol–water partition coefficient (Wildman–Crippen LogP) is 4.23. The summed E-state index contributed by atoms with van der Waals surface area (Å²) in [7, 11) is 0. The van der Waals surface area contributed by atoms with E-state index in [0.29, 0.717) is 23.3 Å². The summed E-state index contributed by atoms with van der Waals surface area (Å²) in [5, 5.41) is 11.0. The van der Waals surface area contributed by atoms with Gasteiger partial charge in [-0.1, -0.05) is 6.92 Å². The van der Waals surface area contributed by atoms with Gasteiger partial charge in [0.25, 0.3) is 5.60 Å². The number of aliphatic hydroxyl groups is 1. The van der Waals surface area contributed by atoms with Crippen LogP contribution in [0.4, 0.5) is 31.3 Å². The summed E-state index contributed by atoms with van der Waals surface area (Å²) >= 11 is 0.912. The fourth-order valence-electron chi connectivity index (χ4n) is 3.02. The molecule has 12 heteroatoms. The Morgan fingerprint density at radius 3 is 2.31 bits per heavy atom. The number of hydrogen-bond donors (Lipinski definition) is 2. The topological polar surface area (TPSA) is 75.6 Å². The summed E-state index contributed by atoms with van der Waals surface area (Å²) < 4.78 is 81.8. The first-order valence-corrected chi connectivity index (χ1v) is 9.50. The predicted molar refractivity (Wildman–Crippen MR) is 91.8 cm³/mol.